The number of hydrogen-bond acceptors (Lipinski definition) is 5. The lowest BCUT2D eigenvalue weighted by Gasteiger charge is -2.10. The maximum absolute atomic E-state index is 12.1. The van der Waals surface area contributed by atoms with Gasteiger partial charge >= 0.3 is 0 Å². The highest BCUT2D eigenvalue weighted by atomic mass is 32.2. The van der Waals surface area contributed by atoms with Crippen LogP contribution >= 0.6 is 0 Å². The van der Waals surface area contributed by atoms with Crippen LogP contribution in [0.3, 0.4) is 0 Å². The van der Waals surface area contributed by atoms with Crippen molar-refractivity contribution in [2.75, 3.05) is 5.32 Å². The van der Waals surface area contributed by atoms with Gasteiger partial charge in [0.2, 0.25) is 15.9 Å². The summed E-state index contributed by atoms with van der Waals surface area (Å²) in [5, 5.41) is 6.62. The molecule has 0 saturated heterocycles. The zero-order valence-corrected chi connectivity index (χ0v) is 15.6. The third-order valence-corrected chi connectivity index (χ3v) is 5.30. The summed E-state index contributed by atoms with van der Waals surface area (Å²) in [6.07, 6.45) is 0.829. The van der Waals surface area contributed by atoms with Crippen LogP contribution < -0.4 is 10.0 Å². The number of benzene rings is 1. The van der Waals surface area contributed by atoms with Gasteiger partial charge in [0.05, 0.1) is 10.6 Å². The third kappa shape index (κ3) is 5.14. The molecule has 0 atom stereocenters. The topological polar surface area (TPSA) is 101 Å². The van der Waals surface area contributed by atoms with Crippen molar-refractivity contribution in [1.29, 1.82) is 0 Å². The van der Waals surface area contributed by atoms with Gasteiger partial charge in [-0.25, -0.2) is 13.1 Å². The summed E-state index contributed by atoms with van der Waals surface area (Å²) in [6.45, 7) is 7.17. The molecule has 0 bridgehead atoms. The molecule has 2 N–H and O–H groups in total. The number of rotatable bonds is 7. The Bertz CT molecular complexity index is 820. The van der Waals surface area contributed by atoms with E-state index in [2.05, 4.69) is 15.2 Å². The lowest BCUT2D eigenvalue weighted by molar-refractivity contribution is -0.116. The molecule has 0 aliphatic rings. The predicted octanol–water partition coefficient (Wildman–Crippen LogP) is 2.55. The van der Waals surface area contributed by atoms with Crippen molar-refractivity contribution in [3.05, 3.63) is 41.3 Å². The van der Waals surface area contributed by atoms with Gasteiger partial charge in [-0.15, -0.1) is 0 Å². The van der Waals surface area contributed by atoms with Crippen molar-refractivity contribution < 1.29 is 17.7 Å². The lowest BCUT2D eigenvalue weighted by Crippen LogP contribution is -2.30. The molecule has 0 aliphatic heterocycles. The van der Waals surface area contributed by atoms with Crippen molar-refractivity contribution >= 4 is 21.6 Å². The summed E-state index contributed by atoms with van der Waals surface area (Å²) in [4.78, 5) is 12.2. The van der Waals surface area contributed by atoms with E-state index in [-0.39, 0.29) is 23.3 Å². The largest absolute Gasteiger partial charge is 0.361 e. The monoisotopic (exact) mass is 365 g/mol. The molecule has 25 heavy (non-hydrogen) atoms. The van der Waals surface area contributed by atoms with Crippen LogP contribution in [0.4, 0.5) is 5.69 Å². The van der Waals surface area contributed by atoms with Crippen molar-refractivity contribution in [1.82, 2.24) is 9.88 Å². The Kier molecular flexibility index (Phi) is 5.97. The number of carbonyl (C=O) groups excluding carboxylic acids is 1. The van der Waals surface area contributed by atoms with Crippen LogP contribution in [0, 0.1) is 13.8 Å². The first-order chi connectivity index (χ1) is 11.7. The second-order valence-corrected chi connectivity index (χ2v) is 7.87. The predicted molar refractivity (Wildman–Crippen MR) is 94.8 cm³/mol. The molecule has 0 spiro atoms. The highest BCUT2D eigenvalue weighted by Crippen LogP contribution is 2.17. The van der Waals surface area contributed by atoms with E-state index in [0.717, 1.165) is 17.0 Å². The van der Waals surface area contributed by atoms with E-state index in [4.69, 9.17) is 4.52 Å². The molecule has 2 aromatic rings. The maximum atomic E-state index is 12.1. The number of carbonyl (C=O) groups is 1. The lowest BCUT2D eigenvalue weighted by atomic mass is 10.1. The summed E-state index contributed by atoms with van der Waals surface area (Å²) in [7, 11) is -3.53. The molecule has 2 rings (SSSR count). The first-order valence-electron chi connectivity index (χ1n) is 8.03. The minimum atomic E-state index is -3.53. The fraction of sp³-hybridized carbons (Fsp3) is 0.412. The van der Waals surface area contributed by atoms with E-state index in [1.165, 1.54) is 12.1 Å². The number of aryl methyl sites for hydroxylation is 2. The number of hydrogen-bond donors (Lipinski definition) is 2. The minimum absolute atomic E-state index is 0.157. The van der Waals surface area contributed by atoms with Gasteiger partial charge in [-0.2, -0.15) is 0 Å². The molecule has 8 heteroatoms. The Balaban J connectivity index is 1.96. The van der Waals surface area contributed by atoms with Gasteiger partial charge in [-0.3, -0.25) is 4.79 Å². The molecule has 0 radical (unpaired) electrons. The zero-order chi connectivity index (χ0) is 18.6. The number of sulfonamides is 1. The second kappa shape index (κ2) is 7.79. The van der Waals surface area contributed by atoms with Gasteiger partial charge in [0.1, 0.15) is 5.76 Å². The molecule has 1 heterocycles. The van der Waals surface area contributed by atoms with E-state index in [9.17, 15) is 13.2 Å². The van der Waals surface area contributed by atoms with E-state index >= 15 is 0 Å². The molecular weight excluding hydrogens is 342 g/mol. The van der Waals surface area contributed by atoms with Crippen molar-refractivity contribution in [3.8, 4) is 0 Å². The molecule has 0 fully saturated rings. The number of nitrogens with one attached hydrogen (secondary N) is 2. The van der Waals surface area contributed by atoms with Crippen LogP contribution in [0.1, 0.15) is 37.3 Å². The molecular formula is C17H23N3O4S. The van der Waals surface area contributed by atoms with E-state index in [1.54, 1.807) is 26.0 Å². The normalized spacial score (nSPS) is 11.7. The third-order valence-electron chi connectivity index (χ3n) is 3.62. The first kappa shape index (κ1) is 19.1. The molecule has 136 valence electrons. The van der Waals surface area contributed by atoms with Crippen LogP contribution in [0.15, 0.2) is 33.7 Å². The summed E-state index contributed by atoms with van der Waals surface area (Å²) >= 11 is 0. The van der Waals surface area contributed by atoms with Crippen LogP contribution in [-0.2, 0) is 21.2 Å². The number of nitrogens with zero attached hydrogens (tertiary/aromatic N) is 1. The van der Waals surface area contributed by atoms with Crippen LogP contribution in [-0.4, -0.2) is 25.5 Å². The minimum Gasteiger partial charge on any atom is -0.361 e. The number of aromatic nitrogens is 1. The molecule has 1 aromatic heterocycles. The fourth-order valence-corrected chi connectivity index (χ4v) is 3.67. The fourth-order valence-electron chi connectivity index (χ4n) is 2.42. The summed E-state index contributed by atoms with van der Waals surface area (Å²) in [5.41, 5.74) is 2.28. The molecule has 0 unspecified atom stereocenters. The summed E-state index contributed by atoms with van der Waals surface area (Å²) < 4.78 is 31.7. The summed E-state index contributed by atoms with van der Waals surface area (Å²) in [5.74, 6) is 0.563. The smallest absolute Gasteiger partial charge is 0.240 e. The average molecular weight is 365 g/mol. The first-order valence-corrected chi connectivity index (χ1v) is 9.51. The molecule has 0 aliphatic carbocycles. The van der Waals surface area contributed by atoms with Gasteiger partial charge in [0.15, 0.2) is 0 Å². The van der Waals surface area contributed by atoms with E-state index in [1.807, 2.05) is 13.8 Å². The Morgan fingerprint density at radius 2 is 1.84 bits per heavy atom. The molecule has 1 aromatic carbocycles. The number of amides is 1. The molecule has 7 nitrogen and oxygen atoms in total. The Labute approximate surface area is 147 Å². The van der Waals surface area contributed by atoms with Crippen molar-refractivity contribution in [2.24, 2.45) is 0 Å². The highest BCUT2D eigenvalue weighted by Gasteiger charge is 2.15. The Morgan fingerprint density at radius 3 is 2.36 bits per heavy atom. The van der Waals surface area contributed by atoms with Crippen molar-refractivity contribution in [2.45, 2.75) is 51.5 Å². The van der Waals surface area contributed by atoms with Gasteiger partial charge in [0, 0.05) is 23.7 Å². The van der Waals surface area contributed by atoms with E-state index < -0.39 is 10.0 Å². The van der Waals surface area contributed by atoms with Gasteiger partial charge in [-0.05, 0) is 58.4 Å². The van der Waals surface area contributed by atoms with Gasteiger partial charge in [-0.1, -0.05) is 5.16 Å². The number of anilines is 1. The Morgan fingerprint density at radius 1 is 1.20 bits per heavy atom. The van der Waals surface area contributed by atoms with Crippen LogP contribution in [0.25, 0.3) is 0 Å². The van der Waals surface area contributed by atoms with Gasteiger partial charge in [0.25, 0.3) is 0 Å². The summed E-state index contributed by atoms with van der Waals surface area (Å²) in [6, 6.07) is 5.89. The average Bonchev–Trinajstić information content (AvgIpc) is 2.83. The standard InChI is InChI=1S/C17H23N3O4S/c1-11(2)20-25(22,23)15-7-5-14(6-8-15)18-17(21)10-9-16-12(3)19-24-13(16)4/h5-8,11,20H,9-10H2,1-4H3,(H,18,21). The maximum Gasteiger partial charge on any atom is 0.240 e. The van der Waals surface area contributed by atoms with Crippen LogP contribution in [0.2, 0.25) is 0 Å². The zero-order valence-electron chi connectivity index (χ0n) is 14.8. The van der Waals surface area contributed by atoms with E-state index in [0.29, 0.717) is 12.1 Å². The van der Waals surface area contributed by atoms with Gasteiger partial charge < -0.3 is 9.84 Å². The SMILES string of the molecule is Cc1noc(C)c1CCC(=O)Nc1ccc(S(=O)(=O)NC(C)C)cc1. The molecule has 0 saturated carbocycles. The van der Waals surface area contributed by atoms with Crippen LogP contribution in [0.5, 0.6) is 0 Å². The Hall–Kier alpha value is -2.19. The molecule has 1 amide bonds. The van der Waals surface area contributed by atoms with Crippen molar-refractivity contribution in [3.63, 3.8) is 0 Å². The highest BCUT2D eigenvalue weighted by molar-refractivity contribution is 7.89. The second-order valence-electron chi connectivity index (χ2n) is 6.15. The quantitative estimate of drug-likeness (QED) is 0.785.